The Kier molecular flexibility index (Phi) is 3.74. The Hall–Kier alpha value is -1.49. The van der Waals surface area contributed by atoms with Crippen molar-refractivity contribution in [3.05, 3.63) is 35.4 Å². The quantitative estimate of drug-likeness (QED) is 0.801. The topological polar surface area (TPSA) is 63.3 Å². The van der Waals surface area contributed by atoms with E-state index in [9.17, 15) is 13.6 Å². The highest BCUT2D eigenvalue weighted by atomic mass is 19.3. The highest BCUT2D eigenvalue weighted by Crippen LogP contribution is 2.14. The molecule has 0 heterocycles. The lowest BCUT2D eigenvalue weighted by Gasteiger charge is -2.07. The zero-order chi connectivity index (χ0) is 11.4. The van der Waals surface area contributed by atoms with E-state index in [0.717, 1.165) is 0 Å². The number of nitrogens with two attached hydrogens (primary N) is 1. The highest BCUT2D eigenvalue weighted by Gasteiger charge is 2.14. The minimum atomic E-state index is -2.40. The monoisotopic (exact) mass is 215 g/mol. The fraction of sp³-hybridized carbons (Fsp3) is 0.300. The normalized spacial score (nSPS) is 12.8. The highest BCUT2D eigenvalue weighted by molar-refractivity contribution is 5.75. The summed E-state index contributed by atoms with van der Waals surface area (Å²) in [5.41, 5.74) is 6.21. The summed E-state index contributed by atoms with van der Waals surface area (Å²) in [5.74, 6) is -1.14. The van der Waals surface area contributed by atoms with Crippen LogP contribution < -0.4 is 5.73 Å². The maximum absolute atomic E-state index is 12.0. The summed E-state index contributed by atoms with van der Waals surface area (Å²) >= 11 is 0. The molecule has 0 saturated carbocycles. The van der Waals surface area contributed by atoms with Gasteiger partial charge in [0, 0.05) is 6.42 Å². The van der Waals surface area contributed by atoms with E-state index in [1.54, 1.807) is 0 Å². The molecule has 15 heavy (non-hydrogen) atoms. The van der Waals surface area contributed by atoms with Crippen LogP contribution in [0.5, 0.6) is 0 Å². The number of halogens is 2. The Bertz CT molecular complexity index is 338. The van der Waals surface area contributed by atoms with Gasteiger partial charge >= 0.3 is 5.97 Å². The molecule has 3 N–H and O–H groups in total. The van der Waals surface area contributed by atoms with Crippen molar-refractivity contribution in [2.45, 2.75) is 18.9 Å². The second-order valence-electron chi connectivity index (χ2n) is 3.15. The molecule has 1 aromatic rings. The number of carbonyl (C=O) groups is 1. The summed E-state index contributed by atoms with van der Waals surface area (Å²) < 4.78 is 24.0. The number of carboxylic acid groups (broad SMARTS) is 1. The molecule has 0 aliphatic heterocycles. The van der Waals surface area contributed by atoms with Gasteiger partial charge in [0.05, 0.1) is 0 Å². The van der Waals surface area contributed by atoms with Gasteiger partial charge in [-0.1, -0.05) is 24.3 Å². The van der Waals surface area contributed by atoms with Gasteiger partial charge < -0.3 is 10.8 Å². The number of aliphatic carboxylic acids is 1. The molecular formula is C10H11F2NO2. The van der Waals surface area contributed by atoms with Crippen LogP contribution in [0.4, 0.5) is 8.78 Å². The third-order valence-corrected chi connectivity index (χ3v) is 1.99. The summed E-state index contributed by atoms with van der Waals surface area (Å²) in [6, 6.07) is 4.73. The van der Waals surface area contributed by atoms with Crippen LogP contribution >= 0.6 is 0 Å². The summed E-state index contributed by atoms with van der Waals surface area (Å²) in [4.78, 5) is 10.5. The molecule has 1 rings (SSSR count). The van der Waals surface area contributed by atoms with Crippen molar-refractivity contribution < 1.29 is 18.7 Å². The van der Waals surface area contributed by atoms with E-state index in [4.69, 9.17) is 10.8 Å². The molecule has 1 atom stereocenters. The number of hydrogen-bond donors (Lipinski definition) is 2. The van der Waals surface area contributed by atoms with Crippen molar-refractivity contribution in [2.75, 3.05) is 0 Å². The zero-order valence-electron chi connectivity index (χ0n) is 7.86. The molecule has 0 aliphatic rings. The molecule has 0 saturated heterocycles. The molecule has 0 amide bonds. The lowest BCUT2D eigenvalue weighted by atomic mass is 10.0. The zero-order valence-corrected chi connectivity index (χ0v) is 7.86. The van der Waals surface area contributed by atoms with Gasteiger partial charge in [-0.25, -0.2) is 8.78 Å². The van der Waals surface area contributed by atoms with Crippen LogP contribution in [0.1, 0.15) is 17.2 Å². The molecule has 5 heteroatoms. The molecule has 82 valence electrons. The van der Waals surface area contributed by atoms with Gasteiger partial charge in [-0.2, -0.15) is 0 Å². The van der Waals surface area contributed by atoms with E-state index < -0.39 is 18.4 Å². The van der Waals surface area contributed by atoms with E-state index >= 15 is 0 Å². The van der Waals surface area contributed by atoms with Crippen molar-refractivity contribution in [1.29, 1.82) is 0 Å². The van der Waals surface area contributed by atoms with Crippen LogP contribution in [-0.4, -0.2) is 17.5 Å². The van der Waals surface area contributed by atoms with Crippen LogP contribution in [0.2, 0.25) is 0 Å². The van der Waals surface area contributed by atoms with Gasteiger partial charge in [0.25, 0.3) is 0 Å². The average Bonchev–Trinajstić information content (AvgIpc) is 2.17. The molecule has 0 fully saturated rings. The lowest BCUT2D eigenvalue weighted by molar-refractivity contribution is -0.138. The van der Waals surface area contributed by atoms with Crippen molar-refractivity contribution in [1.82, 2.24) is 0 Å². The molecule has 0 radical (unpaired) electrons. The molecular weight excluding hydrogens is 204 g/mol. The fourth-order valence-corrected chi connectivity index (χ4v) is 1.18. The third-order valence-electron chi connectivity index (χ3n) is 1.99. The average molecular weight is 215 g/mol. The lowest BCUT2D eigenvalue weighted by Crippen LogP contribution is -2.20. The predicted octanol–water partition coefficient (Wildman–Crippen LogP) is 1.58. The van der Waals surface area contributed by atoms with Crippen LogP contribution in [0.25, 0.3) is 0 Å². The third kappa shape index (κ3) is 3.28. The second-order valence-corrected chi connectivity index (χ2v) is 3.15. The Morgan fingerprint density at radius 3 is 2.27 bits per heavy atom. The fourth-order valence-electron chi connectivity index (χ4n) is 1.18. The Balaban J connectivity index is 2.76. The molecule has 0 bridgehead atoms. The van der Waals surface area contributed by atoms with Crippen molar-refractivity contribution >= 4 is 5.97 Å². The van der Waals surface area contributed by atoms with Crippen LogP contribution in [0.3, 0.4) is 0 Å². The Morgan fingerprint density at radius 2 is 1.87 bits per heavy atom. The van der Waals surface area contributed by atoms with E-state index in [1.807, 2.05) is 0 Å². The van der Waals surface area contributed by atoms with E-state index in [-0.39, 0.29) is 6.42 Å². The first kappa shape index (κ1) is 11.6. The molecule has 0 aliphatic carbocycles. The minimum absolute atomic E-state index is 0.331. The summed E-state index contributed by atoms with van der Waals surface area (Å²) in [6.07, 6.45) is -2.73. The number of rotatable bonds is 4. The van der Waals surface area contributed by atoms with Gasteiger partial charge in [-0.3, -0.25) is 4.79 Å². The van der Waals surface area contributed by atoms with Gasteiger partial charge in [0.1, 0.15) is 6.04 Å². The minimum Gasteiger partial charge on any atom is -0.480 e. The molecule has 1 unspecified atom stereocenters. The Labute approximate surface area is 85.5 Å². The molecule has 0 spiro atoms. The number of hydrogen-bond acceptors (Lipinski definition) is 2. The van der Waals surface area contributed by atoms with Crippen LogP contribution in [-0.2, 0) is 11.2 Å². The first-order valence-electron chi connectivity index (χ1n) is 4.36. The smallest absolute Gasteiger partial charge is 0.325 e. The summed E-state index contributed by atoms with van der Waals surface area (Å²) in [5, 5.41) is 8.61. The van der Waals surface area contributed by atoms with E-state index in [0.29, 0.717) is 11.1 Å². The van der Waals surface area contributed by atoms with Crippen molar-refractivity contribution in [3.63, 3.8) is 0 Å². The summed E-state index contributed by atoms with van der Waals surface area (Å²) in [7, 11) is 0. The van der Waals surface area contributed by atoms with Gasteiger partial charge in [0.2, 0.25) is 6.43 Å². The molecule has 0 aromatic heterocycles. The first-order valence-corrected chi connectivity index (χ1v) is 4.36. The first-order chi connectivity index (χ1) is 7.00. The standard InChI is InChI=1S/C10H11F2NO2/c11-8(12)5-6-1-3-7(4-2-6)9(13)10(14)15/h1-4,8-9H,5,13H2,(H,14,15). The summed E-state index contributed by atoms with van der Waals surface area (Å²) in [6.45, 7) is 0. The predicted molar refractivity (Wildman–Crippen MR) is 50.7 cm³/mol. The largest absolute Gasteiger partial charge is 0.480 e. The van der Waals surface area contributed by atoms with Crippen molar-refractivity contribution in [2.24, 2.45) is 5.73 Å². The maximum atomic E-state index is 12.0. The number of benzene rings is 1. The number of alkyl halides is 2. The van der Waals surface area contributed by atoms with E-state index in [2.05, 4.69) is 0 Å². The second kappa shape index (κ2) is 4.84. The van der Waals surface area contributed by atoms with Gasteiger partial charge in [0.15, 0.2) is 0 Å². The van der Waals surface area contributed by atoms with Gasteiger partial charge in [-0.15, -0.1) is 0 Å². The van der Waals surface area contributed by atoms with Crippen LogP contribution in [0.15, 0.2) is 24.3 Å². The molecule has 3 nitrogen and oxygen atoms in total. The van der Waals surface area contributed by atoms with Crippen molar-refractivity contribution in [3.8, 4) is 0 Å². The maximum Gasteiger partial charge on any atom is 0.325 e. The van der Waals surface area contributed by atoms with Gasteiger partial charge in [-0.05, 0) is 11.1 Å². The van der Waals surface area contributed by atoms with E-state index in [1.165, 1.54) is 24.3 Å². The SMILES string of the molecule is NC(C(=O)O)c1ccc(CC(F)F)cc1. The Morgan fingerprint density at radius 1 is 1.33 bits per heavy atom. The molecule has 1 aromatic carbocycles. The van der Waals surface area contributed by atoms with Crippen LogP contribution in [0, 0.1) is 0 Å². The number of carboxylic acids is 1.